The average Bonchev–Trinajstić information content (AvgIpc) is 2.30. The molecular weight excluding hydrogens is 192 g/mol. The molecule has 0 bridgehead atoms. The number of carbonyl (C=O) groups is 1. The summed E-state index contributed by atoms with van der Waals surface area (Å²) in [6.45, 7) is 3.35. The lowest BCUT2D eigenvalue weighted by atomic mass is 10.0. The van der Waals surface area contributed by atoms with Crippen LogP contribution in [-0.2, 0) is 9.53 Å². The van der Waals surface area contributed by atoms with Gasteiger partial charge in [0, 0.05) is 0 Å². The second-order valence-electron chi connectivity index (χ2n) is 2.90. The van der Waals surface area contributed by atoms with E-state index in [1.54, 1.807) is 24.3 Å². The number of benzene rings is 1. The van der Waals surface area contributed by atoms with Gasteiger partial charge in [0.05, 0.1) is 7.11 Å². The van der Waals surface area contributed by atoms with E-state index in [4.69, 9.17) is 0 Å². The molecule has 0 aliphatic carbocycles. The Morgan fingerprint density at radius 1 is 1.47 bits per heavy atom. The fourth-order valence-corrected chi connectivity index (χ4v) is 1.19. The fraction of sp³-hybridized carbons (Fsp3) is 0.167. The number of esters is 1. The third-order valence-corrected chi connectivity index (χ3v) is 1.98. The second-order valence-corrected chi connectivity index (χ2v) is 2.90. The summed E-state index contributed by atoms with van der Waals surface area (Å²) in [5.41, 5.74) is 3.02. The highest BCUT2D eigenvalue weighted by Crippen LogP contribution is 2.20. The summed E-state index contributed by atoms with van der Waals surface area (Å²) < 4.78 is 4.51. The van der Waals surface area contributed by atoms with Crippen LogP contribution >= 0.6 is 0 Å². The van der Waals surface area contributed by atoms with Gasteiger partial charge in [-0.3, -0.25) is 0 Å². The molecule has 1 atom stereocenters. The molecule has 0 aliphatic rings. The van der Waals surface area contributed by atoms with Crippen LogP contribution in [-0.4, -0.2) is 18.2 Å². The van der Waals surface area contributed by atoms with Gasteiger partial charge >= 0.3 is 5.97 Å². The van der Waals surface area contributed by atoms with Crippen LogP contribution < -0.4 is 0 Å². The van der Waals surface area contributed by atoms with Crippen LogP contribution in [0.2, 0.25) is 0 Å². The van der Waals surface area contributed by atoms with Crippen molar-refractivity contribution in [3.63, 3.8) is 0 Å². The van der Waals surface area contributed by atoms with Crippen molar-refractivity contribution < 1.29 is 14.6 Å². The Morgan fingerprint density at radius 2 is 2.07 bits per heavy atom. The van der Waals surface area contributed by atoms with Crippen LogP contribution in [0.15, 0.2) is 48.2 Å². The van der Waals surface area contributed by atoms with Crippen molar-refractivity contribution in [3.05, 3.63) is 53.8 Å². The third kappa shape index (κ3) is 2.56. The van der Waals surface area contributed by atoms with Gasteiger partial charge in [0.25, 0.3) is 0 Å². The highest BCUT2D eigenvalue weighted by molar-refractivity contribution is 5.89. The molecule has 1 rings (SSSR count). The molecule has 15 heavy (non-hydrogen) atoms. The molecule has 1 N–H and O–H groups in total. The number of aliphatic hydroxyl groups is 1. The summed E-state index contributed by atoms with van der Waals surface area (Å²) in [7, 11) is 1.25. The first-order valence-electron chi connectivity index (χ1n) is 4.42. The third-order valence-electron chi connectivity index (χ3n) is 1.98. The van der Waals surface area contributed by atoms with Gasteiger partial charge < -0.3 is 9.84 Å². The SMILES string of the molecule is C=C=C(C(=O)OC)[C@H](O)c1ccccc1. The van der Waals surface area contributed by atoms with E-state index in [1.165, 1.54) is 7.11 Å². The van der Waals surface area contributed by atoms with Crippen LogP contribution in [0.1, 0.15) is 11.7 Å². The maximum absolute atomic E-state index is 11.2. The monoisotopic (exact) mass is 204 g/mol. The highest BCUT2D eigenvalue weighted by Gasteiger charge is 2.20. The van der Waals surface area contributed by atoms with E-state index in [9.17, 15) is 9.90 Å². The van der Waals surface area contributed by atoms with E-state index < -0.39 is 12.1 Å². The second kappa shape index (κ2) is 5.15. The number of hydrogen-bond acceptors (Lipinski definition) is 3. The minimum atomic E-state index is -1.05. The molecule has 0 radical (unpaired) electrons. The summed E-state index contributed by atoms with van der Waals surface area (Å²) >= 11 is 0. The predicted octanol–water partition coefficient (Wildman–Crippen LogP) is 1.60. The molecule has 0 amide bonds. The number of hydrogen-bond donors (Lipinski definition) is 1. The molecule has 0 heterocycles. The van der Waals surface area contributed by atoms with E-state index >= 15 is 0 Å². The zero-order chi connectivity index (χ0) is 11.3. The standard InChI is InChI=1S/C12H12O3/c1-3-10(12(14)15-2)11(13)9-7-5-4-6-8-9/h4-8,11,13H,1H2,2H3/t11-/m1/s1. The summed E-state index contributed by atoms with van der Waals surface area (Å²) in [4.78, 5) is 11.2. The van der Waals surface area contributed by atoms with Crippen LogP contribution in [0.25, 0.3) is 0 Å². The van der Waals surface area contributed by atoms with Crippen LogP contribution in [0.5, 0.6) is 0 Å². The van der Waals surface area contributed by atoms with Crippen molar-refractivity contribution in [1.82, 2.24) is 0 Å². The normalized spacial score (nSPS) is 11.3. The molecule has 0 spiro atoms. The molecule has 3 heteroatoms. The quantitative estimate of drug-likeness (QED) is 0.462. The number of aliphatic hydroxyl groups excluding tert-OH is 1. The number of rotatable bonds is 3. The first-order chi connectivity index (χ1) is 7.20. The van der Waals surface area contributed by atoms with E-state index in [2.05, 4.69) is 17.0 Å². The van der Waals surface area contributed by atoms with Crippen LogP contribution in [0.4, 0.5) is 0 Å². The molecule has 1 aromatic carbocycles. The Morgan fingerprint density at radius 3 is 2.53 bits per heavy atom. The zero-order valence-electron chi connectivity index (χ0n) is 8.43. The van der Waals surface area contributed by atoms with Gasteiger partial charge in [0.15, 0.2) is 0 Å². The number of ether oxygens (including phenoxy) is 1. The Hall–Kier alpha value is -1.83. The minimum absolute atomic E-state index is 0.0173. The van der Waals surface area contributed by atoms with Gasteiger partial charge in [-0.1, -0.05) is 36.9 Å². The molecule has 0 saturated heterocycles. The van der Waals surface area contributed by atoms with Crippen molar-refractivity contribution in [1.29, 1.82) is 0 Å². The molecule has 1 aromatic rings. The largest absolute Gasteiger partial charge is 0.465 e. The van der Waals surface area contributed by atoms with Crippen molar-refractivity contribution >= 4 is 5.97 Å². The van der Waals surface area contributed by atoms with Gasteiger partial charge in [0.2, 0.25) is 0 Å². The fourth-order valence-electron chi connectivity index (χ4n) is 1.19. The summed E-state index contributed by atoms with van der Waals surface area (Å²) in [6, 6.07) is 8.80. The minimum Gasteiger partial charge on any atom is -0.465 e. The molecule has 3 nitrogen and oxygen atoms in total. The van der Waals surface area contributed by atoms with Crippen molar-refractivity contribution in [3.8, 4) is 0 Å². The first kappa shape index (κ1) is 11.2. The van der Waals surface area contributed by atoms with Crippen molar-refractivity contribution in [2.75, 3.05) is 7.11 Å². The van der Waals surface area contributed by atoms with Gasteiger partial charge in [-0.25, -0.2) is 4.79 Å². The smallest absolute Gasteiger partial charge is 0.344 e. The van der Waals surface area contributed by atoms with Crippen molar-refractivity contribution in [2.45, 2.75) is 6.10 Å². The lowest BCUT2D eigenvalue weighted by Crippen LogP contribution is -2.12. The van der Waals surface area contributed by atoms with Crippen LogP contribution in [0.3, 0.4) is 0 Å². The maximum atomic E-state index is 11.2. The van der Waals surface area contributed by atoms with Gasteiger partial charge in [-0.2, -0.15) is 0 Å². The van der Waals surface area contributed by atoms with E-state index in [-0.39, 0.29) is 5.57 Å². The zero-order valence-corrected chi connectivity index (χ0v) is 8.43. The number of methoxy groups -OCH3 is 1. The lowest BCUT2D eigenvalue weighted by molar-refractivity contribution is -0.137. The molecule has 78 valence electrons. The van der Waals surface area contributed by atoms with Crippen LogP contribution in [0, 0.1) is 0 Å². The summed E-state index contributed by atoms with van der Waals surface area (Å²) in [5.74, 6) is -0.624. The predicted molar refractivity (Wildman–Crippen MR) is 56.1 cm³/mol. The summed E-state index contributed by atoms with van der Waals surface area (Å²) in [6.07, 6.45) is -1.05. The Kier molecular flexibility index (Phi) is 3.86. The Balaban J connectivity index is 2.98. The maximum Gasteiger partial charge on any atom is 0.344 e. The molecule has 0 aromatic heterocycles. The summed E-state index contributed by atoms with van der Waals surface area (Å²) in [5, 5.41) is 9.84. The van der Waals surface area contributed by atoms with E-state index in [0.717, 1.165) is 0 Å². The lowest BCUT2D eigenvalue weighted by Gasteiger charge is -2.11. The highest BCUT2D eigenvalue weighted by atomic mass is 16.5. The van der Waals surface area contributed by atoms with E-state index in [0.29, 0.717) is 5.56 Å². The Bertz CT molecular complexity index is 389. The van der Waals surface area contributed by atoms with Crippen molar-refractivity contribution in [2.24, 2.45) is 0 Å². The van der Waals surface area contributed by atoms with Gasteiger partial charge in [-0.15, -0.1) is 5.73 Å². The molecule has 0 saturated carbocycles. The topological polar surface area (TPSA) is 46.5 Å². The molecule has 0 unspecified atom stereocenters. The average molecular weight is 204 g/mol. The Labute approximate surface area is 88.3 Å². The number of carbonyl (C=O) groups excluding carboxylic acids is 1. The van der Waals surface area contributed by atoms with E-state index in [1.807, 2.05) is 6.07 Å². The first-order valence-corrected chi connectivity index (χ1v) is 4.42. The molecular formula is C12H12O3. The van der Waals surface area contributed by atoms with Gasteiger partial charge in [-0.05, 0) is 5.56 Å². The molecule has 0 aliphatic heterocycles. The van der Waals surface area contributed by atoms with Gasteiger partial charge in [0.1, 0.15) is 11.7 Å². The molecule has 0 fully saturated rings.